The summed E-state index contributed by atoms with van der Waals surface area (Å²) in [4.78, 5) is 0. The number of fused-ring (bicyclic) bond motifs is 14. The van der Waals surface area contributed by atoms with Gasteiger partial charge in [-0.2, -0.15) is 0 Å². The van der Waals surface area contributed by atoms with Crippen LogP contribution in [0.15, 0.2) is 95.4 Å². The molecule has 35 heavy (non-hydrogen) atoms. The highest BCUT2D eigenvalue weighted by Gasteiger charge is 2.37. The van der Waals surface area contributed by atoms with E-state index in [2.05, 4.69) is 103 Å². The van der Waals surface area contributed by atoms with Crippen molar-refractivity contribution in [3.8, 4) is 11.1 Å². The summed E-state index contributed by atoms with van der Waals surface area (Å²) in [6.45, 7) is 4.71. The molecule has 0 fully saturated rings. The van der Waals surface area contributed by atoms with Crippen molar-refractivity contribution in [2.45, 2.75) is 19.3 Å². The highest BCUT2D eigenvalue weighted by Crippen LogP contribution is 2.54. The van der Waals surface area contributed by atoms with E-state index < -0.39 is 0 Å². The topological polar surface area (TPSA) is 17.6 Å². The van der Waals surface area contributed by atoms with Crippen LogP contribution in [0.4, 0.5) is 0 Å². The molecule has 1 aliphatic carbocycles. The van der Waals surface area contributed by atoms with Gasteiger partial charge in [-0.05, 0) is 46.5 Å². The van der Waals surface area contributed by atoms with Crippen LogP contribution >= 0.6 is 0 Å². The number of nitrogens with zero attached hydrogens (tertiary/aromatic N) is 1. The fourth-order valence-electron chi connectivity index (χ4n) is 7.03. The fraction of sp³-hybridized carbons (Fsp3) is 0.0909. The van der Waals surface area contributed by atoms with Crippen LogP contribution in [0.2, 0.25) is 0 Å². The van der Waals surface area contributed by atoms with Crippen molar-refractivity contribution in [2.24, 2.45) is 0 Å². The fourth-order valence-corrected chi connectivity index (χ4v) is 7.03. The lowest BCUT2D eigenvalue weighted by molar-refractivity contribution is 0.661. The Labute approximate surface area is 201 Å². The molecule has 8 aromatic rings. The first-order valence-corrected chi connectivity index (χ1v) is 12.3. The predicted octanol–water partition coefficient (Wildman–Crippen LogP) is 9.04. The number of furan rings is 1. The minimum atomic E-state index is -0.00534. The van der Waals surface area contributed by atoms with E-state index in [9.17, 15) is 0 Å². The normalized spacial score (nSPS) is 14.8. The molecule has 2 nitrogen and oxygen atoms in total. The van der Waals surface area contributed by atoms with Gasteiger partial charge < -0.3 is 8.82 Å². The summed E-state index contributed by atoms with van der Waals surface area (Å²) in [5, 5.41) is 7.52. The van der Waals surface area contributed by atoms with Gasteiger partial charge in [-0.1, -0.05) is 80.6 Å². The summed E-state index contributed by atoms with van der Waals surface area (Å²) >= 11 is 0. The lowest BCUT2D eigenvalue weighted by Gasteiger charge is -2.21. The van der Waals surface area contributed by atoms with Crippen LogP contribution in [0.5, 0.6) is 0 Å². The second kappa shape index (κ2) is 5.67. The molecule has 5 aromatic carbocycles. The minimum Gasteiger partial charge on any atom is -0.455 e. The molecule has 0 aliphatic heterocycles. The average Bonchev–Trinajstić information content (AvgIpc) is 3.59. The average molecular weight is 448 g/mol. The number of para-hydroxylation sites is 2. The van der Waals surface area contributed by atoms with Crippen molar-refractivity contribution in [2.75, 3.05) is 0 Å². The Balaban J connectivity index is 1.54. The number of hydrogen-bond donors (Lipinski definition) is 0. The number of hydrogen-bond acceptors (Lipinski definition) is 1. The van der Waals surface area contributed by atoms with Crippen LogP contribution in [0.3, 0.4) is 0 Å². The third-order valence-corrected chi connectivity index (χ3v) is 8.53. The second-order valence-electron chi connectivity index (χ2n) is 10.5. The molecule has 1 aliphatic rings. The smallest absolute Gasteiger partial charge is 0.145 e. The maximum atomic E-state index is 6.47. The van der Waals surface area contributed by atoms with Gasteiger partial charge in [0.25, 0.3) is 0 Å². The first-order chi connectivity index (χ1) is 17.1. The Morgan fingerprint density at radius 1 is 0.600 bits per heavy atom. The highest BCUT2D eigenvalue weighted by molar-refractivity contribution is 6.31. The molecule has 0 bridgehead atoms. The zero-order valence-electron chi connectivity index (χ0n) is 19.5. The summed E-state index contributed by atoms with van der Waals surface area (Å²) < 4.78 is 8.94. The third kappa shape index (κ3) is 1.89. The van der Waals surface area contributed by atoms with Gasteiger partial charge in [-0.3, -0.25) is 0 Å². The van der Waals surface area contributed by atoms with E-state index in [1.54, 1.807) is 0 Å². The van der Waals surface area contributed by atoms with E-state index >= 15 is 0 Å². The van der Waals surface area contributed by atoms with E-state index in [0.29, 0.717) is 0 Å². The summed E-state index contributed by atoms with van der Waals surface area (Å²) in [7, 11) is 0. The van der Waals surface area contributed by atoms with Crippen LogP contribution in [-0.2, 0) is 5.41 Å². The van der Waals surface area contributed by atoms with Gasteiger partial charge in [0, 0.05) is 32.3 Å². The van der Waals surface area contributed by atoms with Gasteiger partial charge in [0.2, 0.25) is 0 Å². The van der Waals surface area contributed by atoms with Crippen molar-refractivity contribution in [3.05, 3.63) is 102 Å². The summed E-state index contributed by atoms with van der Waals surface area (Å²) in [6, 6.07) is 33.3. The molecule has 0 unspecified atom stereocenters. The largest absolute Gasteiger partial charge is 0.455 e. The summed E-state index contributed by atoms with van der Waals surface area (Å²) in [5.74, 6) is 0. The highest BCUT2D eigenvalue weighted by atomic mass is 16.3. The van der Waals surface area contributed by atoms with Gasteiger partial charge in [-0.25, -0.2) is 0 Å². The van der Waals surface area contributed by atoms with Gasteiger partial charge in [-0.15, -0.1) is 0 Å². The zero-order valence-corrected chi connectivity index (χ0v) is 19.5. The molecule has 2 heteroatoms. The molecule has 3 aromatic heterocycles. The number of rotatable bonds is 0. The summed E-state index contributed by atoms with van der Waals surface area (Å²) in [5.41, 5.74) is 11.3. The number of benzene rings is 5. The van der Waals surface area contributed by atoms with Crippen LogP contribution in [0.1, 0.15) is 25.0 Å². The van der Waals surface area contributed by atoms with Gasteiger partial charge in [0.1, 0.15) is 11.2 Å². The first kappa shape index (κ1) is 18.1. The molecular formula is C33H21NO. The standard InChI is InChI=1S/C33H21NO/c1-33(2)23-12-5-3-9-20(23)28-24(33)15-17-25-29(28)21-10-7-11-22-30-26(34(25)31(21)22)16-14-19-18-8-4-6-13-27(18)35-32(19)30/h3-17H,1-2H3. The van der Waals surface area contributed by atoms with Crippen molar-refractivity contribution >= 4 is 60.0 Å². The molecule has 0 atom stereocenters. The zero-order chi connectivity index (χ0) is 23.1. The Morgan fingerprint density at radius 2 is 1.31 bits per heavy atom. The first-order valence-electron chi connectivity index (χ1n) is 12.3. The van der Waals surface area contributed by atoms with E-state index in [-0.39, 0.29) is 5.41 Å². The Kier molecular flexibility index (Phi) is 2.93. The van der Waals surface area contributed by atoms with Crippen LogP contribution in [0, 0.1) is 0 Å². The third-order valence-electron chi connectivity index (χ3n) is 8.53. The molecule has 164 valence electrons. The molecule has 9 rings (SSSR count). The van der Waals surface area contributed by atoms with Crippen LogP contribution < -0.4 is 0 Å². The Bertz CT molecular complexity index is 2190. The molecule has 0 amide bonds. The SMILES string of the molecule is CC1(C)c2ccccc2-c2c1ccc1c2c2cccc3c4c5oc6ccccc6c5ccc4n1c23. The van der Waals surface area contributed by atoms with E-state index in [1.807, 2.05) is 6.07 Å². The molecule has 3 heterocycles. The van der Waals surface area contributed by atoms with Gasteiger partial charge in [0.05, 0.1) is 21.9 Å². The molecule has 0 spiro atoms. The molecular weight excluding hydrogens is 426 g/mol. The predicted molar refractivity (Wildman–Crippen MR) is 146 cm³/mol. The maximum Gasteiger partial charge on any atom is 0.145 e. The van der Waals surface area contributed by atoms with Gasteiger partial charge in [0.15, 0.2) is 0 Å². The van der Waals surface area contributed by atoms with Gasteiger partial charge >= 0.3 is 0 Å². The second-order valence-corrected chi connectivity index (χ2v) is 10.5. The molecule has 0 saturated carbocycles. The molecule has 0 radical (unpaired) electrons. The lowest BCUT2D eigenvalue weighted by atomic mass is 9.82. The van der Waals surface area contributed by atoms with Crippen molar-refractivity contribution in [3.63, 3.8) is 0 Å². The quantitative estimate of drug-likeness (QED) is 0.227. The monoisotopic (exact) mass is 447 g/mol. The van der Waals surface area contributed by atoms with Crippen molar-refractivity contribution in [1.82, 2.24) is 4.40 Å². The van der Waals surface area contributed by atoms with E-state index in [0.717, 1.165) is 11.2 Å². The Morgan fingerprint density at radius 3 is 2.23 bits per heavy atom. The Hall–Kier alpha value is -4.30. The molecule has 0 saturated heterocycles. The van der Waals surface area contributed by atoms with Crippen LogP contribution in [0.25, 0.3) is 71.2 Å². The van der Waals surface area contributed by atoms with Crippen molar-refractivity contribution < 1.29 is 4.42 Å². The van der Waals surface area contributed by atoms with E-state index in [4.69, 9.17) is 4.42 Å². The molecule has 0 N–H and O–H groups in total. The lowest BCUT2D eigenvalue weighted by Crippen LogP contribution is -2.14. The maximum absolute atomic E-state index is 6.47. The minimum absolute atomic E-state index is 0.00534. The van der Waals surface area contributed by atoms with Crippen molar-refractivity contribution in [1.29, 1.82) is 0 Å². The van der Waals surface area contributed by atoms with Crippen LogP contribution in [-0.4, -0.2) is 4.40 Å². The number of aromatic nitrogens is 1. The van der Waals surface area contributed by atoms with E-state index in [1.165, 1.54) is 71.1 Å². The summed E-state index contributed by atoms with van der Waals surface area (Å²) in [6.07, 6.45) is 0.